The molecular formula is C32H36N6O3. The van der Waals surface area contributed by atoms with Gasteiger partial charge in [0.1, 0.15) is 0 Å². The van der Waals surface area contributed by atoms with E-state index in [0.717, 1.165) is 33.2 Å². The SMILES string of the molecule is Cc1ccc(C(=O)Nc2cc(C(C)(C)C)ccc2NC(=O)CN2CCOCC2)cc1-c1ccc2nc(N)ncc2c1. The summed E-state index contributed by atoms with van der Waals surface area (Å²) in [5.41, 5.74) is 11.9. The molecule has 2 heterocycles. The standard InChI is InChI=1S/C32H36N6O3/c1-20-5-6-22(16-25(20)21-7-9-26-23(15-21)18-34-31(33)37-26)30(40)36-28-17-24(32(2,3)4)8-10-27(28)35-29(39)19-38-11-13-41-14-12-38/h5-10,15-18H,11-14,19H2,1-4H3,(H,35,39)(H,36,40)(H2,33,34,37). The molecule has 1 aliphatic rings. The van der Waals surface area contributed by atoms with E-state index in [9.17, 15) is 9.59 Å². The smallest absolute Gasteiger partial charge is 0.255 e. The molecule has 212 valence electrons. The Labute approximate surface area is 240 Å². The molecule has 0 radical (unpaired) electrons. The Kier molecular flexibility index (Phi) is 8.01. The number of carbonyl (C=O) groups is 2. The van der Waals surface area contributed by atoms with Crippen LogP contribution in [0.4, 0.5) is 17.3 Å². The maximum atomic E-state index is 13.6. The number of nitrogens with one attached hydrogen (secondary N) is 2. The maximum Gasteiger partial charge on any atom is 0.255 e. The average Bonchev–Trinajstić information content (AvgIpc) is 2.94. The summed E-state index contributed by atoms with van der Waals surface area (Å²) in [5.74, 6) is -0.171. The molecule has 0 saturated carbocycles. The number of carbonyl (C=O) groups excluding carboxylic acids is 2. The minimum atomic E-state index is -0.266. The quantitative estimate of drug-likeness (QED) is 0.307. The van der Waals surface area contributed by atoms with Crippen molar-refractivity contribution in [2.75, 3.05) is 49.2 Å². The lowest BCUT2D eigenvalue weighted by atomic mass is 9.86. The lowest BCUT2D eigenvalue weighted by Gasteiger charge is -2.26. The van der Waals surface area contributed by atoms with Crippen LogP contribution in [-0.2, 0) is 14.9 Å². The second kappa shape index (κ2) is 11.6. The minimum absolute atomic E-state index is 0.134. The van der Waals surface area contributed by atoms with E-state index in [-0.39, 0.29) is 29.7 Å². The van der Waals surface area contributed by atoms with Gasteiger partial charge in [0.25, 0.3) is 5.91 Å². The number of amides is 2. The highest BCUT2D eigenvalue weighted by Gasteiger charge is 2.20. The van der Waals surface area contributed by atoms with Crippen LogP contribution in [0.15, 0.2) is 60.8 Å². The summed E-state index contributed by atoms with van der Waals surface area (Å²) >= 11 is 0. The third kappa shape index (κ3) is 6.70. The molecule has 1 aliphatic heterocycles. The third-order valence-electron chi connectivity index (χ3n) is 7.29. The number of fused-ring (bicyclic) bond motifs is 1. The van der Waals surface area contributed by atoms with Crippen LogP contribution < -0.4 is 16.4 Å². The van der Waals surface area contributed by atoms with E-state index < -0.39 is 0 Å². The monoisotopic (exact) mass is 552 g/mol. The van der Waals surface area contributed by atoms with Crippen molar-refractivity contribution in [3.63, 3.8) is 0 Å². The molecule has 1 fully saturated rings. The van der Waals surface area contributed by atoms with Crippen molar-refractivity contribution in [3.8, 4) is 11.1 Å². The van der Waals surface area contributed by atoms with Crippen molar-refractivity contribution >= 4 is 40.0 Å². The summed E-state index contributed by atoms with van der Waals surface area (Å²) in [6.07, 6.45) is 1.70. The van der Waals surface area contributed by atoms with Crippen LogP contribution in [-0.4, -0.2) is 59.5 Å². The highest BCUT2D eigenvalue weighted by atomic mass is 16.5. The molecule has 0 aliphatic carbocycles. The summed E-state index contributed by atoms with van der Waals surface area (Å²) in [7, 11) is 0. The van der Waals surface area contributed by atoms with Gasteiger partial charge in [-0.25, -0.2) is 9.97 Å². The molecule has 0 unspecified atom stereocenters. The Morgan fingerprint density at radius 3 is 2.51 bits per heavy atom. The number of anilines is 3. The number of ether oxygens (including phenoxy) is 1. The number of aryl methyl sites for hydroxylation is 1. The van der Waals surface area contributed by atoms with Gasteiger partial charge in [-0.15, -0.1) is 0 Å². The first-order valence-electron chi connectivity index (χ1n) is 13.8. The zero-order chi connectivity index (χ0) is 29.1. The topological polar surface area (TPSA) is 122 Å². The first kappa shape index (κ1) is 28.2. The van der Waals surface area contributed by atoms with Crippen molar-refractivity contribution in [1.82, 2.24) is 14.9 Å². The van der Waals surface area contributed by atoms with E-state index in [4.69, 9.17) is 10.5 Å². The van der Waals surface area contributed by atoms with Gasteiger partial charge in [0, 0.05) is 30.2 Å². The van der Waals surface area contributed by atoms with Crippen molar-refractivity contribution in [3.05, 3.63) is 77.5 Å². The van der Waals surface area contributed by atoms with E-state index in [2.05, 4.69) is 46.3 Å². The zero-order valence-electron chi connectivity index (χ0n) is 24.0. The summed E-state index contributed by atoms with van der Waals surface area (Å²) in [6.45, 7) is 11.3. The number of hydrogen-bond acceptors (Lipinski definition) is 7. The maximum absolute atomic E-state index is 13.6. The van der Waals surface area contributed by atoms with Crippen molar-refractivity contribution in [2.45, 2.75) is 33.1 Å². The number of nitrogens with two attached hydrogens (primary N) is 1. The molecule has 9 nitrogen and oxygen atoms in total. The number of morpholine rings is 1. The van der Waals surface area contributed by atoms with Gasteiger partial charge in [-0.2, -0.15) is 0 Å². The van der Waals surface area contributed by atoms with Gasteiger partial charge in [-0.05, 0) is 71.0 Å². The predicted molar refractivity (Wildman–Crippen MR) is 163 cm³/mol. The zero-order valence-corrected chi connectivity index (χ0v) is 24.0. The molecule has 1 aromatic heterocycles. The Hall–Kier alpha value is -4.34. The molecule has 0 spiro atoms. The third-order valence-corrected chi connectivity index (χ3v) is 7.29. The van der Waals surface area contributed by atoms with Crippen LogP contribution in [0.25, 0.3) is 22.0 Å². The van der Waals surface area contributed by atoms with E-state index in [1.807, 2.05) is 61.5 Å². The van der Waals surface area contributed by atoms with Crippen LogP contribution in [0.2, 0.25) is 0 Å². The fourth-order valence-electron chi connectivity index (χ4n) is 4.86. The first-order chi connectivity index (χ1) is 19.6. The Bertz CT molecular complexity index is 1610. The molecule has 4 N–H and O–H groups in total. The molecule has 1 saturated heterocycles. The molecular weight excluding hydrogens is 516 g/mol. The number of rotatable bonds is 6. The van der Waals surface area contributed by atoms with E-state index in [1.54, 1.807) is 6.20 Å². The molecule has 5 rings (SSSR count). The second-order valence-corrected chi connectivity index (χ2v) is 11.4. The summed E-state index contributed by atoms with van der Waals surface area (Å²) < 4.78 is 5.39. The Balaban J connectivity index is 1.41. The van der Waals surface area contributed by atoms with Gasteiger partial charge in [-0.3, -0.25) is 14.5 Å². The lowest BCUT2D eigenvalue weighted by molar-refractivity contribution is -0.118. The van der Waals surface area contributed by atoms with Crippen molar-refractivity contribution in [2.24, 2.45) is 0 Å². The largest absolute Gasteiger partial charge is 0.379 e. The number of hydrogen-bond donors (Lipinski definition) is 3. The van der Waals surface area contributed by atoms with Crippen molar-refractivity contribution < 1.29 is 14.3 Å². The number of nitrogen functional groups attached to an aromatic ring is 1. The van der Waals surface area contributed by atoms with Gasteiger partial charge in [-0.1, -0.05) is 39.0 Å². The summed E-state index contributed by atoms with van der Waals surface area (Å²) in [5, 5.41) is 6.93. The molecule has 0 atom stereocenters. The lowest BCUT2D eigenvalue weighted by Crippen LogP contribution is -2.41. The van der Waals surface area contributed by atoms with Crippen LogP contribution >= 0.6 is 0 Å². The highest BCUT2D eigenvalue weighted by molar-refractivity contribution is 6.08. The van der Waals surface area contributed by atoms with E-state index in [0.29, 0.717) is 43.2 Å². The van der Waals surface area contributed by atoms with Crippen molar-refractivity contribution in [1.29, 1.82) is 0 Å². The molecule has 2 amide bonds. The van der Waals surface area contributed by atoms with Crippen LogP contribution in [0.5, 0.6) is 0 Å². The van der Waals surface area contributed by atoms with E-state index in [1.165, 1.54) is 0 Å². The van der Waals surface area contributed by atoms with Gasteiger partial charge >= 0.3 is 0 Å². The molecule has 4 aromatic rings. The normalized spacial score (nSPS) is 14.1. The summed E-state index contributed by atoms with van der Waals surface area (Å²) in [4.78, 5) is 36.9. The van der Waals surface area contributed by atoms with Gasteiger partial charge in [0.05, 0.1) is 36.6 Å². The number of aromatic nitrogens is 2. The second-order valence-electron chi connectivity index (χ2n) is 11.4. The van der Waals surface area contributed by atoms with E-state index >= 15 is 0 Å². The predicted octanol–water partition coefficient (Wildman–Crippen LogP) is 5.01. The highest BCUT2D eigenvalue weighted by Crippen LogP contribution is 2.32. The van der Waals surface area contributed by atoms with Gasteiger partial charge < -0.3 is 21.1 Å². The van der Waals surface area contributed by atoms with Crippen LogP contribution in [0.1, 0.15) is 42.3 Å². The Morgan fingerprint density at radius 2 is 1.76 bits per heavy atom. The molecule has 0 bridgehead atoms. The fourth-order valence-corrected chi connectivity index (χ4v) is 4.86. The first-order valence-corrected chi connectivity index (χ1v) is 13.8. The summed E-state index contributed by atoms with van der Waals surface area (Å²) in [6, 6.07) is 17.3. The number of benzene rings is 3. The van der Waals surface area contributed by atoms with Gasteiger partial charge in [0.15, 0.2) is 0 Å². The number of nitrogens with zero attached hydrogens (tertiary/aromatic N) is 3. The van der Waals surface area contributed by atoms with Crippen LogP contribution in [0, 0.1) is 6.92 Å². The van der Waals surface area contributed by atoms with Gasteiger partial charge in [0.2, 0.25) is 11.9 Å². The Morgan fingerprint density at radius 1 is 0.976 bits per heavy atom. The molecule has 3 aromatic carbocycles. The molecule has 41 heavy (non-hydrogen) atoms. The fraction of sp³-hybridized carbons (Fsp3) is 0.312. The molecule has 9 heteroatoms. The minimum Gasteiger partial charge on any atom is -0.379 e. The average molecular weight is 553 g/mol. The van der Waals surface area contributed by atoms with Crippen LogP contribution in [0.3, 0.4) is 0 Å².